The van der Waals surface area contributed by atoms with Crippen LogP contribution in [0.25, 0.3) is 0 Å². The van der Waals surface area contributed by atoms with E-state index in [1.165, 1.54) is 0 Å². The van der Waals surface area contributed by atoms with E-state index in [4.69, 9.17) is 9.68 Å². The van der Waals surface area contributed by atoms with Gasteiger partial charge in [0, 0.05) is 4.47 Å². The van der Waals surface area contributed by atoms with Crippen molar-refractivity contribution in [1.29, 1.82) is 5.26 Å². The monoisotopic (exact) mass is 305 g/mol. The van der Waals surface area contributed by atoms with Crippen LogP contribution >= 0.6 is 15.9 Å². The average molecular weight is 306 g/mol. The highest BCUT2D eigenvalue weighted by Gasteiger charge is 2.07. The zero-order chi connectivity index (χ0) is 13.1. The second kappa shape index (κ2) is 5.23. The highest BCUT2D eigenvalue weighted by atomic mass is 79.9. The van der Waals surface area contributed by atoms with Gasteiger partial charge in [-0.15, -0.1) is 0 Å². The van der Waals surface area contributed by atoms with Gasteiger partial charge >= 0.3 is 0 Å². The van der Waals surface area contributed by atoms with Crippen molar-refractivity contribution in [3.8, 4) is 6.07 Å². The molecule has 1 aromatic heterocycles. The number of nitrogens with zero attached hydrogens (tertiary/aromatic N) is 2. The number of benzene rings is 1. The molecule has 0 aliphatic rings. The Morgan fingerprint density at radius 1 is 1.44 bits per heavy atom. The zero-order valence-electron chi connectivity index (χ0n) is 10.1. The third-order valence-corrected chi connectivity index (χ3v) is 3.10. The molecule has 1 aromatic carbocycles. The number of halogens is 1. The van der Waals surface area contributed by atoms with E-state index in [0.717, 1.165) is 21.6 Å². The Morgan fingerprint density at radius 2 is 2.22 bits per heavy atom. The molecule has 0 bridgehead atoms. The van der Waals surface area contributed by atoms with Crippen molar-refractivity contribution < 1.29 is 4.42 Å². The Bertz CT molecular complexity index is 594. The van der Waals surface area contributed by atoms with Crippen LogP contribution in [0.4, 0.5) is 5.69 Å². The molecule has 0 aliphatic carbocycles. The maximum absolute atomic E-state index is 9.04. The van der Waals surface area contributed by atoms with Crippen LogP contribution in [0, 0.1) is 25.2 Å². The maximum atomic E-state index is 9.04. The van der Waals surface area contributed by atoms with Gasteiger partial charge in [-0.2, -0.15) is 5.26 Å². The van der Waals surface area contributed by atoms with Crippen LogP contribution < -0.4 is 5.32 Å². The van der Waals surface area contributed by atoms with Crippen LogP contribution in [0.3, 0.4) is 0 Å². The molecule has 0 fully saturated rings. The number of aromatic nitrogens is 1. The summed E-state index contributed by atoms with van der Waals surface area (Å²) >= 11 is 3.34. The van der Waals surface area contributed by atoms with E-state index in [1.807, 2.05) is 26.0 Å². The van der Waals surface area contributed by atoms with Gasteiger partial charge in [0.15, 0.2) is 0 Å². The lowest BCUT2D eigenvalue weighted by atomic mass is 10.2. The topological polar surface area (TPSA) is 61.9 Å². The molecule has 0 aliphatic heterocycles. The number of rotatable bonds is 3. The molecule has 0 unspecified atom stereocenters. The Balaban J connectivity index is 2.13. The number of hydrogen-bond acceptors (Lipinski definition) is 4. The van der Waals surface area contributed by atoms with Crippen molar-refractivity contribution in [1.82, 2.24) is 4.98 Å². The van der Waals surface area contributed by atoms with Gasteiger partial charge in [-0.1, -0.05) is 15.9 Å². The van der Waals surface area contributed by atoms with Crippen molar-refractivity contribution >= 4 is 21.6 Å². The van der Waals surface area contributed by atoms with Crippen LogP contribution in [-0.4, -0.2) is 4.98 Å². The predicted molar refractivity (Wildman–Crippen MR) is 72.2 cm³/mol. The molecule has 0 amide bonds. The Kier molecular flexibility index (Phi) is 3.68. The van der Waals surface area contributed by atoms with Crippen LogP contribution in [0.5, 0.6) is 0 Å². The van der Waals surface area contributed by atoms with Gasteiger partial charge in [-0.05, 0) is 32.0 Å². The van der Waals surface area contributed by atoms with Gasteiger partial charge in [0.25, 0.3) is 0 Å². The highest BCUT2D eigenvalue weighted by Crippen LogP contribution is 2.21. The lowest BCUT2D eigenvalue weighted by molar-refractivity contribution is 0.478. The van der Waals surface area contributed by atoms with Crippen LogP contribution in [0.1, 0.15) is 22.9 Å². The summed E-state index contributed by atoms with van der Waals surface area (Å²) in [6.45, 7) is 4.25. The molecule has 5 heteroatoms. The number of nitrogens with one attached hydrogen (secondary N) is 1. The largest absolute Gasteiger partial charge is 0.444 e. The second-order valence-corrected chi connectivity index (χ2v) is 4.82. The van der Waals surface area contributed by atoms with Gasteiger partial charge in [0.05, 0.1) is 23.5 Å². The molecule has 0 spiro atoms. The molecule has 1 heterocycles. The SMILES string of the molecule is Cc1nc(CNc2ccc(Br)cc2C#N)oc1C. The molecule has 2 rings (SSSR count). The van der Waals surface area contributed by atoms with Gasteiger partial charge in [0.1, 0.15) is 11.8 Å². The first-order chi connectivity index (χ1) is 8.60. The smallest absolute Gasteiger partial charge is 0.213 e. The third kappa shape index (κ3) is 2.71. The normalized spacial score (nSPS) is 10.1. The number of aryl methyl sites for hydroxylation is 2. The summed E-state index contributed by atoms with van der Waals surface area (Å²) < 4.78 is 6.35. The van der Waals surface area contributed by atoms with Crippen LogP contribution in [0.15, 0.2) is 27.1 Å². The average Bonchev–Trinajstić information content (AvgIpc) is 2.67. The van der Waals surface area contributed by atoms with Gasteiger partial charge in [-0.3, -0.25) is 0 Å². The van der Waals surface area contributed by atoms with Gasteiger partial charge in [0.2, 0.25) is 5.89 Å². The fourth-order valence-corrected chi connectivity index (χ4v) is 1.91. The molecule has 92 valence electrons. The molecule has 0 radical (unpaired) electrons. The predicted octanol–water partition coefficient (Wildman–Crippen LogP) is 3.54. The van der Waals surface area contributed by atoms with Crippen LogP contribution in [0.2, 0.25) is 0 Å². The molecule has 0 saturated heterocycles. The zero-order valence-corrected chi connectivity index (χ0v) is 11.7. The number of oxazole rings is 1. The summed E-state index contributed by atoms with van der Waals surface area (Å²) in [6, 6.07) is 7.65. The Hall–Kier alpha value is -1.80. The lowest BCUT2D eigenvalue weighted by Crippen LogP contribution is -2.01. The van der Waals surface area contributed by atoms with Crippen molar-refractivity contribution in [3.05, 3.63) is 45.6 Å². The molecule has 0 atom stereocenters. The van der Waals surface area contributed by atoms with E-state index in [9.17, 15) is 0 Å². The summed E-state index contributed by atoms with van der Waals surface area (Å²) in [5, 5.41) is 12.2. The second-order valence-electron chi connectivity index (χ2n) is 3.90. The molecular formula is C13H12BrN3O. The highest BCUT2D eigenvalue weighted by molar-refractivity contribution is 9.10. The summed E-state index contributed by atoms with van der Waals surface area (Å²) in [6.07, 6.45) is 0. The van der Waals surface area contributed by atoms with E-state index in [1.54, 1.807) is 6.07 Å². The standard InChI is InChI=1S/C13H12BrN3O/c1-8-9(2)18-13(17-8)7-16-12-4-3-11(14)5-10(12)6-15/h3-5,16H,7H2,1-2H3. The van der Waals surface area contributed by atoms with Gasteiger partial charge < -0.3 is 9.73 Å². The summed E-state index contributed by atoms with van der Waals surface area (Å²) in [5.74, 6) is 1.44. The summed E-state index contributed by atoms with van der Waals surface area (Å²) in [5.41, 5.74) is 2.25. The molecule has 18 heavy (non-hydrogen) atoms. The first-order valence-electron chi connectivity index (χ1n) is 5.46. The van der Waals surface area contributed by atoms with Gasteiger partial charge in [-0.25, -0.2) is 4.98 Å². The lowest BCUT2D eigenvalue weighted by Gasteiger charge is -2.06. The van der Waals surface area contributed by atoms with Crippen LogP contribution in [-0.2, 0) is 6.54 Å². The fraction of sp³-hybridized carbons (Fsp3) is 0.231. The number of anilines is 1. The quantitative estimate of drug-likeness (QED) is 0.942. The summed E-state index contributed by atoms with van der Waals surface area (Å²) in [4.78, 5) is 4.28. The maximum Gasteiger partial charge on any atom is 0.213 e. The first-order valence-corrected chi connectivity index (χ1v) is 6.26. The van der Waals surface area contributed by atoms with E-state index in [0.29, 0.717) is 18.0 Å². The van der Waals surface area contributed by atoms with E-state index < -0.39 is 0 Å². The van der Waals surface area contributed by atoms with E-state index in [2.05, 4.69) is 32.3 Å². The Morgan fingerprint density at radius 3 is 2.83 bits per heavy atom. The summed E-state index contributed by atoms with van der Waals surface area (Å²) in [7, 11) is 0. The molecule has 2 aromatic rings. The minimum atomic E-state index is 0.463. The minimum absolute atomic E-state index is 0.463. The third-order valence-electron chi connectivity index (χ3n) is 2.60. The first kappa shape index (κ1) is 12.7. The van der Waals surface area contributed by atoms with E-state index in [-0.39, 0.29) is 0 Å². The van der Waals surface area contributed by atoms with E-state index >= 15 is 0 Å². The van der Waals surface area contributed by atoms with Crippen molar-refractivity contribution in [2.75, 3.05) is 5.32 Å². The number of nitriles is 1. The minimum Gasteiger partial charge on any atom is -0.444 e. The molecular weight excluding hydrogens is 294 g/mol. The van der Waals surface area contributed by atoms with Crippen molar-refractivity contribution in [2.45, 2.75) is 20.4 Å². The molecule has 0 saturated carbocycles. The molecule has 4 nitrogen and oxygen atoms in total. The van der Waals surface area contributed by atoms with Crippen molar-refractivity contribution in [3.63, 3.8) is 0 Å². The van der Waals surface area contributed by atoms with Crippen molar-refractivity contribution in [2.24, 2.45) is 0 Å². The molecule has 1 N–H and O–H groups in total. The number of hydrogen-bond donors (Lipinski definition) is 1. The Labute approximate surface area is 114 Å². The fourth-order valence-electron chi connectivity index (χ4n) is 1.55.